The maximum absolute atomic E-state index is 13.1. The van der Waals surface area contributed by atoms with Crippen molar-refractivity contribution in [3.8, 4) is 0 Å². The number of amides is 2. The molecule has 138 valence electrons. The highest BCUT2D eigenvalue weighted by molar-refractivity contribution is 7.92. The maximum atomic E-state index is 13.1. The van der Waals surface area contributed by atoms with Gasteiger partial charge in [-0.15, -0.1) is 0 Å². The summed E-state index contributed by atoms with van der Waals surface area (Å²) in [5, 5.41) is 4.72. The van der Waals surface area contributed by atoms with Crippen LogP contribution in [0.5, 0.6) is 0 Å². The Bertz CT molecular complexity index is 911. The topological polar surface area (TPSA) is 104 Å². The summed E-state index contributed by atoms with van der Waals surface area (Å²) in [6.07, 6.45) is 1.01. The molecule has 2 rings (SSSR count). The van der Waals surface area contributed by atoms with Crippen LogP contribution in [-0.4, -0.2) is 33.0 Å². The zero-order valence-corrected chi connectivity index (χ0v) is 14.4. The monoisotopic (exact) mass is 383 g/mol. The van der Waals surface area contributed by atoms with Gasteiger partial charge in [-0.05, 0) is 36.4 Å². The lowest BCUT2D eigenvalue weighted by molar-refractivity contribution is -0.115. The Labute approximate surface area is 148 Å². The van der Waals surface area contributed by atoms with Gasteiger partial charge in [-0.3, -0.25) is 14.3 Å². The van der Waals surface area contributed by atoms with Gasteiger partial charge in [-0.1, -0.05) is 0 Å². The molecule has 0 saturated heterocycles. The van der Waals surface area contributed by atoms with Crippen molar-refractivity contribution in [3.05, 3.63) is 59.7 Å². The van der Waals surface area contributed by atoms with Gasteiger partial charge in [0, 0.05) is 23.0 Å². The van der Waals surface area contributed by atoms with Crippen LogP contribution >= 0.6 is 0 Å². The lowest BCUT2D eigenvalue weighted by atomic mass is 10.2. The fraction of sp³-hybridized carbons (Fsp3) is 0.125. The molecule has 7 nitrogen and oxygen atoms in total. The molecule has 10 heteroatoms. The number of carbonyl (C=O) groups is 2. The van der Waals surface area contributed by atoms with Crippen LogP contribution in [0, 0.1) is 11.6 Å². The highest BCUT2D eigenvalue weighted by Gasteiger charge is 2.11. The Morgan fingerprint density at radius 2 is 1.50 bits per heavy atom. The summed E-state index contributed by atoms with van der Waals surface area (Å²) in [5.41, 5.74) is 0.457. The molecule has 0 saturated carbocycles. The number of sulfonamides is 1. The molecule has 0 heterocycles. The molecule has 2 aromatic carbocycles. The van der Waals surface area contributed by atoms with Crippen molar-refractivity contribution in [3.63, 3.8) is 0 Å². The van der Waals surface area contributed by atoms with Gasteiger partial charge >= 0.3 is 0 Å². The summed E-state index contributed by atoms with van der Waals surface area (Å²) in [5.74, 6) is -3.17. The number of carbonyl (C=O) groups excluding carboxylic acids is 2. The van der Waals surface area contributed by atoms with Gasteiger partial charge in [0.05, 0.1) is 12.8 Å². The minimum absolute atomic E-state index is 0.244. The number of anilines is 2. The Balaban J connectivity index is 1.89. The minimum Gasteiger partial charge on any atom is -0.343 e. The van der Waals surface area contributed by atoms with E-state index in [0.717, 1.165) is 18.4 Å². The van der Waals surface area contributed by atoms with Crippen LogP contribution in [0.2, 0.25) is 0 Å². The quantitative estimate of drug-likeness (QED) is 0.706. The Kier molecular flexibility index (Phi) is 5.88. The van der Waals surface area contributed by atoms with Crippen molar-refractivity contribution in [1.29, 1.82) is 0 Å². The summed E-state index contributed by atoms with van der Waals surface area (Å²) in [6, 6.07) is 8.17. The zero-order chi connectivity index (χ0) is 19.3. The first kappa shape index (κ1) is 19.3. The van der Waals surface area contributed by atoms with Crippen LogP contribution in [0.1, 0.15) is 10.4 Å². The molecule has 0 fully saturated rings. The van der Waals surface area contributed by atoms with E-state index in [1.165, 1.54) is 24.3 Å². The van der Waals surface area contributed by atoms with E-state index >= 15 is 0 Å². The molecular formula is C16H15F2N3O4S. The van der Waals surface area contributed by atoms with E-state index in [1.807, 2.05) is 0 Å². The number of rotatable bonds is 6. The zero-order valence-electron chi connectivity index (χ0n) is 13.5. The highest BCUT2D eigenvalue weighted by atomic mass is 32.2. The van der Waals surface area contributed by atoms with Crippen molar-refractivity contribution in [2.45, 2.75) is 0 Å². The van der Waals surface area contributed by atoms with Crippen LogP contribution in [0.15, 0.2) is 42.5 Å². The SMILES string of the molecule is CS(=O)(=O)Nc1ccc(NC(=O)CNC(=O)c2cc(F)cc(F)c2)cc1. The molecule has 2 aromatic rings. The van der Waals surface area contributed by atoms with Crippen LogP contribution in [0.3, 0.4) is 0 Å². The molecule has 26 heavy (non-hydrogen) atoms. The van der Waals surface area contributed by atoms with Gasteiger partial charge in [-0.2, -0.15) is 0 Å². The molecular weight excluding hydrogens is 368 g/mol. The van der Waals surface area contributed by atoms with Gasteiger partial charge in [-0.25, -0.2) is 17.2 Å². The summed E-state index contributed by atoms with van der Waals surface area (Å²) >= 11 is 0. The molecule has 0 aliphatic carbocycles. The van der Waals surface area contributed by atoms with Gasteiger partial charge < -0.3 is 10.6 Å². The van der Waals surface area contributed by atoms with E-state index in [1.54, 1.807) is 0 Å². The second-order valence-electron chi connectivity index (χ2n) is 5.34. The molecule has 2 amide bonds. The molecule has 0 bridgehead atoms. The highest BCUT2D eigenvalue weighted by Crippen LogP contribution is 2.14. The first-order valence-electron chi connectivity index (χ1n) is 7.24. The van der Waals surface area contributed by atoms with Crippen LogP contribution in [-0.2, 0) is 14.8 Å². The molecule has 0 atom stereocenters. The van der Waals surface area contributed by atoms with Gasteiger partial charge in [0.15, 0.2) is 0 Å². The van der Waals surface area contributed by atoms with Gasteiger partial charge in [0.1, 0.15) is 11.6 Å². The summed E-state index contributed by atoms with van der Waals surface area (Å²) in [7, 11) is -3.40. The molecule has 0 unspecified atom stereocenters. The van der Waals surface area contributed by atoms with Crippen LogP contribution in [0.4, 0.5) is 20.2 Å². The van der Waals surface area contributed by atoms with E-state index in [4.69, 9.17) is 0 Å². The number of nitrogens with one attached hydrogen (secondary N) is 3. The fourth-order valence-corrected chi connectivity index (χ4v) is 2.55. The second kappa shape index (κ2) is 7.91. The average Bonchev–Trinajstić information content (AvgIpc) is 2.52. The fourth-order valence-electron chi connectivity index (χ4n) is 1.99. The molecule has 0 radical (unpaired) electrons. The van der Waals surface area contributed by atoms with Crippen molar-refractivity contribution in [1.82, 2.24) is 5.32 Å². The molecule has 0 aliphatic heterocycles. The normalized spacial score (nSPS) is 10.9. The molecule has 0 aromatic heterocycles. The summed E-state index contributed by atoms with van der Waals surface area (Å²) in [4.78, 5) is 23.6. The van der Waals surface area contributed by atoms with Crippen molar-refractivity contribution < 1.29 is 26.8 Å². The van der Waals surface area contributed by atoms with E-state index in [9.17, 15) is 26.8 Å². The third-order valence-electron chi connectivity index (χ3n) is 3.01. The van der Waals surface area contributed by atoms with Crippen molar-refractivity contribution >= 4 is 33.2 Å². The third kappa shape index (κ3) is 6.13. The summed E-state index contributed by atoms with van der Waals surface area (Å²) < 4.78 is 50.6. The lowest BCUT2D eigenvalue weighted by Gasteiger charge is -2.08. The van der Waals surface area contributed by atoms with E-state index in [-0.39, 0.29) is 5.56 Å². The van der Waals surface area contributed by atoms with Gasteiger partial charge in [0.2, 0.25) is 15.9 Å². The predicted octanol–water partition coefficient (Wildman–Crippen LogP) is 1.70. The van der Waals surface area contributed by atoms with Crippen molar-refractivity contribution in [2.24, 2.45) is 0 Å². The van der Waals surface area contributed by atoms with Crippen LogP contribution < -0.4 is 15.4 Å². The molecule has 0 spiro atoms. The average molecular weight is 383 g/mol. The third-order valence-corrected chi connectivity index (χ3v) is 3.61. The Morgan fingerprint density at radius 3 is 2.04 bits per heavy atom. The molecule has 0 aliphatic rings. The first-order chi connectivity index (χ1) is 12.1. The smallest absolute Gasteiger partial charge is 0.251 e. The van der Waals surface area contributed by atoms with Crippen molar-refractivity contribution in [2.75, 3.05) is 22.8 Å². The lowest BCUT2D eigenvalue weighted by Crippen LogP contribution is -2.33. The van der Waals surface area contributed by atoms with E-state index < -0.39 is 40.0 Å². The first-order valence-corrected chi connectivity index (χ1v) is 9.13. The minimum atomic E-state index is -3.40. The Morgan fingerprint density at radius 1 is 0.962 bits per heavy atom. The van der Waals surface area contributed by atoms with Crippen LogP contribution in [0.25, 0.3) is 0 Å². The Hall–Kier alpha value is -3.01. The predicted molar refractivity (Wildman–Crippen MR) is 92.2 cm³/mol. The van der Waals surface area contributed by atoms with Gasteiger partial charge in [0.25, 0.3) is 5.91 Å². The molecule has 3 N–H and O–H groups in total. The number of halogens is 2. The second-order valence-corrected chi connectivity index (χ2v) is 7.09. The number of hydrogen-bond acceptors (Lipinski definition) is 4. The number of benzene rings is 2. The maximum Gasteiger partial charge on any atom is 0.251 e. The van der Waals surface area contributed by atoms with E-state index in [2.05, 4.69) is 15.4 Å². The standard InChI is InChI=1S/C16H15F2N3O4S/c1-26(24,25)21-14-4-2-13(3-5-14)20-15(22)9-19-16(23)10-6-11(17)8-12(18)7-10/h2-8,21H,9H2,1H3,(H,19,23)(H,20,22). The summed E-state index contributed by atoms with van der Waals surface area (Å²) in [6.45, 7) is -0.416. The van der Waals surface area contributed by atoms with E-state index in [0.29, 0.717) is 17.4 Å². The number of hydrogen-bond donors (Lipinski definition) is 3. The largest absolute Gasteiger partial charge is 0.343 e.